The Bertz CT molecular complexity index is 666. The molecule has 1 amide bonds. The van der Waals surface area contributed by atoms with Gasteiger partial charge >= 0.3 is 0 Å². The summed E-state index contributed by atoms with van der Waals surface area (Å²) in [5.74, 6) is 0.145. The second-order valence-electron chi connectivity index (χ2n) is 7.27. The maximum absolute atomic E-state index is 11.9. The molecule has 1 saturated heterocycles. The number of thiophene rings is 1. The van der Waals surface area contributed by atoms with E-state index in [-0.39, 0.29) is 11.9 Å². The third-order valence-electron chi connectivity index (χ3n) is 5.40. The highest BCUT2D eigenvalue weighted by molar-refractivity contribution is 7.10. The van der Waals surface area contributed by atoms with E-state index in [2.05, 4.69) is 60.1 Å². The molecule has 4 nitrogen and oxygen atoms in total. The van der Waals surface area contributed by atoms with Crippen LogP contribution in [0.25, 0.3) is 0 Å². The van der Waals surface area contributed by atoms with Gasteiger partial charge in [-0.05, 0) is 18.4 Å². The molecule has 1 aromatic heterocycles. The number of quaternary nitrogens is 2. The van der Waals surface area contributed by atoms with Gasteiger partial charge in [-0.3, -0.25) is 4.79 Å². The molecule has 2 atom stereocenters. The van der Waals surface area contributed by atoms with E-state index >= 15 is 0 Å². The van der Waals surface area contributed by atoms with Crippen molar-refractivity contribution in [3.63, 3.8) is 0 Å². The number of hydrogen-bond donors (Lipinski definition) is 3. The van der Waals surface area contributed by atoms with Gasteiger partial charge < -0.3 is 15.1 Å². The van der Waals surface area contributed by atoms with Crippen molar-refractivity contribution >= 4 is 17.2 Å². The highest BCUT2D eigenvalue weighted by atomic mass is 32.1. The molecule has 140 valence electrons. The zero-order chi connectivity index (χ0) is 18.4. The second-order valence-corrected chi connectivity index (χ2v) is 8.25. The predicted octanol–water partition coefficient (Wildman–Crippen LogP) is 0.688. The summed E-state index contributed by atoms with van der Waals surface area (Å²) < 4.78 is 0. The Balaban J connectivity index is 1.62. The maximum atomic E-state index is 11.9. The van der Waals surface area contributed by atoms with E-state index in [1.165, 1.54) is 23.5 Å². The molecule has 1 aliphatic rings. The van der Waals surface area contributed by atoms with Gasteiger partial charge in [0.1, 0.15) is 38.8 Å². The van der Waals surface area contributed by atoms with E-state index in [9.17, 15) is 4.79 Å². The number of hydrogen-bond acceptors (Lipinski definition) is 2. The van der Waals surface area contributed by atoms with E-state index in [1.807, 2.05) is 18.3 Å². The van der Waals surface area contributed by atoms with Crippen LogP contribution in [0.3, 0.4) is 0 Å². The van der Waals surface area contributed by atoms with Crippen LogP contribution >= 0.6 is 11.3 Å². The Kier molecular flexibility index (Phi) is 6.83. The lowest BCUT2D eigenvalue weighted by Crippen LogP contribution is -3.28. The monoisotopic (exact) mass is 373 g/mol. The molecule has 2 heterocycles. The molecule has 0 saturated carbocycles. The van der Waals surface area contributed by atoms with Crippen molar-refractivity contribution in [2.75, 3.05) is 26.2 Å². The highest BCUT2D eigenvalue weighted by Crippen LogP contribution is 2.19. The van der Waals surface area contributed by atoms with Crippen LogP contribution in [0.2, 0.25) is 0 Å². The Morgan fingerprint density at radius 1 is 1.12 bits per heavy atom. The van der Waals surface area contributed by atoms with E-state index in [0.717, 1.165) is 19.6 Å². The predicted molar refractivity (Wildman–Crippen MR) is 106 cm³/mol. The lowest BCUT2D eigenvalue weighted by molar-refractivity contribution is -1.03. The van der Waals surface area contributed by atoms with Crippen LogP contribution in [0.4, 0.5) is 0 Å². The number of rotatable bonds is 7. The van der Waals surface area contributed by atoms with Crippen LogP contribution in [0.15, 0.2) is 47.8 Å². The zero-order valence-electron chi connectivity index (χ0n) is 15.8. The summed E-state index contributed by atoms with van der Waals surface area (Å²) in [5.41, 5.74) is 1.42. The third-order valence-corrected chi connectivity index (χ3v) is 6.35. The minimum absolute atomic E-state index is 0.145. The van der Waals surface area contributed by atoms with Crippen molar-refractivity contribution in [1.29, 1.82) is 0 Å². The van der Waals surface area contributed by atoms with E-state index in [4.69, 9.17) is 0 Å². The maximum Gasteiger partial charge on any atom is 0.220 e. The van der Waals surface area contributed by atoms with Crippen molar-refractivity contribution < 1.29 is 14.6 Å². The minimum atomic E-state index is 0.145. The fraction of sp³-hybridized carbons (Fsp3) is 0.476. The number of carbonyl (C=O) groups excluding carboxylic acids is 1. The molecule has 2 aromatic rings. The molecule has 0 spiro atoms. The van der Waals surface area contributed by atoms with Gasteiger partial charge in [0.15, 0.2) is 0 Å². The van der Waals surface area contributed by atoms with Gasteiger partial charge in [0.05, 0.1) is 10.9 Å². The van der Waals surface area contributed by atoms with E-state index in [0.29, 0.717) is 12.5 Å². The van der Waals surface area contributed by atoms with E-state index < -0.39 is 0 Å². The first-order chi connectivity index (χ1) is 12.7. The topological polar surface area (TPSA) is 38.0 Å². The van der Waals surface area contributed by atoms with Crippen molar-refractivity contribution in [1.82, 2.24) is 5.32 Å². The first kappa shape index (κ1) is 19.1. The number of carbonyl (C=O) groups is 1. The fourth-order valence-corrected chi connectivity index (χ4v) is 4.99. The lowest BCUT2D eigenvalue weighted by atomic mass is 10.0. The zero-order valence-corrected chi connectivity index (χ0v) is 16.6. The SMILES string of the molecule is CCC(=O)N[C@@H](C)[C@H](c1cccs1)[NH+]1CC[NH+](Cc2ccccc2)CC1. The molecule has 3 rings (SSSR count). The first-order valence-corrected chi connectivity index (χ1v) is 10.6. The van der Waals surface area contributed by atoms with Crippen molar-refractivity contribution in [2.24, 2.45) is 0 Å². The summed E-state index contributed by atoms with van der Waals surface area (Å²) in [7, 11) is 0. The largest absolute Gasteiger partial charge is 0.347 e. The van der Waals surface area contributed by atoms with Crippen molar-refractivity contribution in [3.05, 3.63) is 58.3 Å². The second kappa shape index (κ2) is 9.31. The Morgan fingerprint density at radius 3 is 2.46 bits per heavy atom. The lowest BCUT2D eigenvalue weighted by Gasteiger charge is -2.37. The number of amides is 1. The molecule has 1 fully saturated rings. The van der Waals surface area contributed by atoms with Crippen LogP contribution in [-0.4, -0.2) is 38.1 Å². The Hall–Kier alpha value is -1.69. The van der Waals surface area contributed by atoms with Crippen LogP contribution in [0.1, 0.15) is 36.8 Å². The molecule has 0 bridgehead atoms. The average Bonchev–Trinajstić information content (AvgIpc) is 3.18. The summed E-state index contributed by atoms with van der Waals surface area (Å²) in [5, 5.41) is 5.35. The number of nitrogens with one attached hydrogen (secondary N) is 3. The number of piperazine rings is 1. The standard InChI is InChI=1S/C21H29N3OS/c1-3-20(25)22-17(2)21(19-10-7-15-26-19)24-13-11-23(12-14-24)16-18-8-5-4-6-9-18/h4-10,15,17,21H,3,11-14,16H2,1-2H3,(H,22,25)/p+2/t17-,21+/m0/s1. The summed E-state index contributed by atoms with van der Waals surface area (Å²) in [6.45, 7) is 9.85. The van der Waals surface area contributed by atoms with Gasteiger partial charge in [-0.25, -0.2) is 0 Å². The minimum Gasteiger partial charge on any atom is -0.347 e. The summed E-state index contributed by atoms with van der Waals surface area (Å²) in [6, 6.07) is 15.6. The summed E-state index contributed by atoms with van der Waals surface area (Å²) >= 11 is 1.81. The quantitative estimate of drug-likeness (QED) is 0.656. The van der Waals surface area contributed by atoms with Gasteiger partial charge in [-0.1, -0.05) is 43.3 Å². The summed E-state index contributed by atoms with van der Waals surface area (Å²) in [4.78, 5) is 16.6. The molecule has 1 aromatic carbocycles. The Morgan fingerprint density at radius 2 is 1.85 bits per heavy atom. The molecule has 0 unspecified atom stereocenters. The molecule has 5 heteroatoms. The fourth-order valence-electron chi connectivity index (χ4n) is 4.01. The summed E-state index contributed by atoms with van der Waals surface area (Å²) in [6.07, 6.45) is 0.547. The van der Waals surface area contributed by atoms with Crippen LogP contribution in [0.5, 0.6) is 0 Å². The molecule has 3 N–H and O–H groups in total. The van der Waals surface area contributed by atoms with Crippen molar-refractivity contribution in [3.8, 4) is 0 Å². The van der Waals surface area contributed by atoms with Gasteiger partial charge in [-0.2, -0.15) is 0 Å². The van der Waals surface area contributed by atoms with Gasteiger partial charge in [0.2, 0.25) is 5.91 Å². The van der Waals surface area contributed by atoms with Crippen LogP contribution in [-0.2, 0) is 11.3 Å². The van der Waals surface area contributed by atoms with Crippen molar-refractivity contribution in [2.45, 2.75) is 38.9 Å². The molecule has 1 aliphatic heterocycles. The highest BCUT2D eigenvalue weighted by Gasteiger charge is 2.35. The third kappa shape index (κ3) is 4.93. The normalized spacial score (nSPS) is 22.5. The van der Waals surface area contributed by atoms with Crippen LogP contribution in [0, 0.1) is 0 Å². The Labute approximate surface area is 160 Å². The van der Waals surface area contributed by atoms with Gasteiger partial charge in [0.25, 0.3) is 0 Å². The van der Waals surface area contributed by atoms with Gasteiger partial charge in [-0.15, -0.1) is 11.3 Å². The van der Waals surface area contributed by atoms with Gasteiger partial charge in [0, 0.05) is 12.0 Å². The molecule has 26 heavy (non-hydrogen) atoms. The molecule has 0 aliphatic carbocycles. The molecule has 0 radical (unpaired) electrons. The number of benzene rings is 1. The molecular weight excluding hydrogens is 342 g/mol. The molecular formula is C21H31N3OS+2. The van der Waals surface area contributed by atoms with E-state index in [1.54, 1.807) is 9.80 Å². The first-order valence-electron chi connectivity index (χ1n) is 9.72. The smallest absolute Gasteiger partial charge is 0.220 e. The average molecular weight is 374 g/mol. The van der Waals surface area contributed by atoms with Crippen LogP contribution < -0.4 is 15.1 Å².